The first-order valence-corrected chi connectivity index (χ1v) is 9.10. The third kappa shape index (κ3) is 4.53. The maximum atomic E-state index is 12.8. The Morgan fingerprint density at radius 1 is 1.14 bits per heavy atom. The second-order valence-electron chi connectivity index (χ2n) is 5.70. The summed E-state index contributed by atoms with van der Waals surface area (Å²) in [5.74, 6) is 0. The summed E-state index contributed by atoms with van der Waals surface area (Å²) in [6, 6.07) is 5.67. The molecule has 0 aliphatic heterocycles. The van der Waals surface area contributed by atoms with E-state index >= 15 is 0 Å². The SMILES string of the molecule is CCc1ccc(CNC)cc1S(=O)(=O)NC(C)(CC)CC. The van der Waals surface area contributed by atoms with Gasteiger partial charge in [0, 0.05) is 12.1 Å². The van der Waals surface area contributed by atoms with E-state index in [1.54, 1.807) is 6.07 Å². The molecule has 0 heterocycles. The summed E-state index contributed by atoms with van der Waals surface area (Å²) in [7, 11) is -1.65. The normalized spacial score (nSPS) is 12.6. The van der Waals surface area contributed by atoms with Crippen molar-refractivity contribution in [2.75, 3.05) is 7.05 Å². The second kappa shape index (κ2) is 7.38. The highest BCUT2D eigenvalue weighted by atomic mass is 32.2. The average molecular weight is 312 g/mol. The zero-order chi connectivity index (χ0) is 16.1. The first kappa shape index (κ1) is 18.1. The van der Waals surface area contributed by atoms with Gasteiger partial charge in [-0.15, -0.1) is 0 Å². The minimum Gasteiger partial charge on any atom is -0.316 e. The largest absolute Gasteiger partial charge is 0.316 e. The Morgan fingerprint density at radius 3 is 2.24 bits per heavy atom. The fourth-order valence-electron chi connectivity index (χ4n) is 2.23. The number of benzene rings is 1. The number of nitrogens with one attached hydrogen (secondary N) is 2. The Hall–Kier alpha value is -0.910. The highest BCUT2D eigenvalue weighted by molar-refractivity contribution is 7.89. The van der Waals surface area contributed by atoms with Crippen molar-refractivity contribution < 1.29 is 8.42 Å². The molecule has 0 saturated heterocycles. The van der Waals surface area contributed by atoms with Gasteiger partial charge < -0.3 is 5.32 Å². The quantitative estimate of drug-likeness (QED) is 0.776. The predicted molar refractivity (Wildman–Crippen MR) is 87.9 cm³/mol. The molecule has 0 fully saturated rings. The lowest BCUT2D eigenvalue weighted by Gasteiger charge is -2.28. The lowest BCUT2D eigenvalue weighted by molar-refractivity contribution is 0.388. The Labute approximate surface area is 129 Å². The van der Waals surface area contributed by atoms with E-state index < -0.39 is 15.6 Å². The third-order valence-electron chi connectivity index (χ3n) is 4.12. The molecule has 2 N–H and O–H groups in total. The van der Waals surface area contributed by atoms with E-state index in [4.69, 9.17) is 0 Å². The molecule has 0 aromatic heterocycles. The van der Waals surface area contributed by atoms with E-state index in [9.17, 15) is 8.42 Å². The topological polar surface area (TPSA) is 58.2 Å². The van der Waals surface area contributed by atoms with Gasteiger partial charge >= 0.3 is 0 Å². The van der Waals surface area contributed by atoms with E-state index in [0.717, 1.165) is 24.0 Å². The first-order valence-electron chi connectivity index (χ1n) is 7.62. The molecule has 0 atom stereocenters. The van der Waals surface area contributed by atoms with Crippen LogP contribution in [0.3, 0.4) is 0 Å². The van der Waals surface area contributed by atoms with Crippen LogP contribution in [0.15, 0.2) is 23.1 Å². The molecule has 120 valence electrons. The van der Waals surface area contributed by atoms with Crippen LogP contribution in [0.25, 0.3) is 0 Å². The fourth-order valence-corrected chi connectivity index (χ4v) is 4.14. The molecule has 1 rings (SSSR count). The Kier molecular flexibility index (Phi) is 6.38. The van der Waals surface area contributed by atoms with Gasteiger partial charge in [-0.3, -0.25) is 0 Å². The molecule has 0 radical (unpaired) electrons. The van der Waals surface area contributed by atoms with Crippen LogP contribution in [0, 0.1) is 0 Å². The van der Waals surface area contributed by atoms with Crippen LogP contribution in [-0.2, 0) is 23.0 Å². The van der Waals surface area contributed by atoms with Crippen molar-refractivity contribution in [1.29, 1.82) is 0 Å². The molecular weight excluding hydrogens is 284 g/mol. The van der Waals surface area contributed by atoms with Crippen LogP contribution >= 0.6 is 0 Å². The number of rotatable bonds is 8. The van der Waals surface area contributed by atoms with E-state index in [1.165, 1.54) is 0 Å². The summed E-state index contributed by atoms with van der Waals surface area (Å²) in [5.41, 5.74) is 1.43. The zero-order valence-electron chi connectivity index (χ0n) is 13.8. The van der Waals surface area contributed by atoms with Crippen molar-refractivity contribution in [1.82, 2.24) is 10.0 Å². The lowest BCUT2D eigenvalue weighted by Crippen LogP contribution is -2.45. The molecule has 0 bridgehead atoms. The summed E-state index contributed by atoms with van der Waals surface area (Å²) in [6.45, 7) is 8.60. The van der Waals surface area contributed by atoms with Gasteiger partial charge in [-0.1, -0.05) is 32.9 Å². The molecule has 21 heavy (non-hydrogen) atoms. The monoisotopic (exact) mass is 312 g/mol. The fraction of sp³-hybridized carbons (Fsp3) is 0.625. The second-order valence-corrected chi connectivity index (χ2v) is 7.35. The Balaban J connectivity index is 3.25. The average Bonchev–Trinajstić information content (AvgIpc) is 2.47. The molecule has 5 heteroatoms. The van der Waals surface area contributed by atoms with E-state index in [0.29, 0.717) is 17.9 Å². The molecular formula is C16H28N2O2S. The van der Waals surface area contributed by atoms with Crippen molar-refractivity contribution in [2.24, 2.45) is 0 Å². The summed E-state index contributed by atoms with van der Waals surface area (Å²) >= 11 is 0. The van der Waals surface area contributed by atoms with E-state index in [-0.39, 0.29) is 0 Å². The van der Waals surface area contributed by atoms with Gasteiger partial charge in [-0.05, 0) is 50.4 Å². The predicted octanol–water partition coefficient (Wildman–Crippen LogP) is 2.83. The molecule has 0 amide bonds. The zero-order valence-corrected chi connectivity index (χ0v) is 14.6. The lowest BCUT2D eigenvalue weighted by atomic mass is 9.98. The molecule has 1 aromatic rings. The van der Waals surface area contributed by atoms with Crippen molar-refractivity contribution in [2.45, 2.75) is 63.9 Å². The number of hydrogen-bond acceptors (Lipinski definition) is 3. The van der Waals surface area contributed by atoms with Gasteiger partial charge in [0.15, 0.2) is 0 Å². The van der Waals surface area contributed by atoms with Gasteiger partial charge in [0.25, 0.3) is 0 Å². The Morgan fingerprint density at radius 2 is 1.76 bits per heavy atom. The van der Waals surface area contributed by atoms with Gasteiger partial charge in [0.05, 0.1) is 4.90 Å². The molecule has 1 aromatic carbocycles. The number of aryl methyl sites for hydroxylation is 1. The molecule has 0 unspecified atom stereocenters. The Bertz CT molecular complexity index is 564. The van der Waals surface area contributed by atoms with Crippen LogP contribution in [-0.4, -0.2) is 21.0 Å². The van der Waals surface area contributed by atoms with Gasteiger partial charge in [0.1, 0.15) is 0 Å². The third-order valence-corrected chi connectivity index (χ3v) is 5.84. The van der Waals surface area contributed by atoms with E-state index in [1.807, 2.05) is 46.9 Å². The molecule has 4 nitrogen and oxygen atoms in total. The van der Waals surface area contributed by atoms with Crippen LogP contribution in [0.1, 0.15) is 51.7 Å². The standard InChI is InChI=1S/C16H28N2O2S/c1-6-14-10-9-13(12-17-5)11-15(14)21(19,20)18-16(4,7-2)8-3/h9-11,17-18H,6-8,12H2,1-5H3. The maximum Gasteiger partial charge on any atom is 0.241 e. The van der Waals surface area contributed by atoms with Crippen LogP contribution in [0.2, 0.25) is 0 Å². The molecule has 0 spiro atoms. The summed E-state index contributed by atoms with van der Waals surface area (Å²) in [4.78, 5) is 0.408. The van der Waals surface area contributed by atoms with Crippen molar-refractivity contribution in [3.8, 4) is 0 Å². The molecule has 0 aliphatic carbocycles. The highest BCUT2D eigenvalue weighted by Crippen LogP contribution is 2.23. The van der Waals surface area contributed by atoms with Crippen LogP contribution in [0.4, 0.5) is 0 Å². The van der Waals surface area contributed by atoms with Gasteiger partial charge in [0.2, 0.25) is 10.0 Å². The van der Waals surface area contributed by atoms with Crippen molar-refractivity contribution >= 4 is 10.0 Å². The van der Waals surface area contributed by atoms with Crippen molar-refractivity contribution in [3.05, 3.63) is 29.3 Å². The van der Waals surface area contributed by atoms with E-state index in [2.05, 4.69) is 10.0 Å². The first-order chi connectivity index (χ1) is 9.81. The smallest absolute Gasteiger partial charge is 0.241 e. The molecule has 0 aliphatic rings. The van der Waals surface area contributed by atoms with Crippen LogP contribution in [0.5, 0.6) is 0 Å². The molecule has 0 saturated carbocycles. The maximum absolute atomic E-state index is 12.8. The number of hydrogen-bond donors (Lipinski definition) is 2. The highest BCUT2D eigenvalue weighted by Gasteiger charge is 2.28. The summed E-state index contributed by atoms with van der Waals surface area (Å²) in [6.07, 6.45) is 2.23. The summed E-state index contributed by atoms with van der Waals surface area (Å²) in [5, 5.41) is 3.06. The van der Waals surface area contributed by atoms with Crippen molar-refractivity contribution in [3.63, 3.8) is 0 Å². The summed E-state index contributed by atoms with van der Waals surface area (Å²) < 4.78 is 28.4. The number of sulfonamides is 1. The minimum absolute atomic E-state index is 0.400. The minimum atomic E-state index is -3.50. The van der Waals surface area contributed by atoms with Gasteiger partial charge in [-0.2, -0.15) is 0 Å². The van der Waals surface area contributed by atoms with Gasteiger partial charge in [-0.25, -0.2) is 13.1 Å². The van der Waals surface area contributed by atoms with Crippen LogP contribution < -0.4 is 10.0 Å².